The van der Waals surface area contributed by atoms with E-state index in [0.717, 1.165) is 41.6 Å². The molecular weight excluding hydrogens is 472 g/mol. The van der Waals surface area contributed by atoms with Gasteiger partial charge in [-0.3, -0.25) is 4.99 Å². The van der Waals surface area contributed by atoms with Crippen molar-refractivity contribution in [3.8, 4) is 11.5 Å². The second-order valence-electron chi connectivity index (χ2n) is 6.35. The molecule has 0 bridgehead atoms. The fourth-order valence-corrected chi connectivity index (χ4v) is 2.75. The lowest BCUT2D eigenvalue weighted by Crippen LogP contribution is -2.39. The van der Waals surface area contributed by atoms with Crippen LogP contribution in [0.25, 0.3) is 0 Å². The molecule has 0 aliphatic carbocycles. The van der Waals surface area contributed by atoms with Crippen LogP contribution in [0.3, 0.4) is 0 Å². The zero-order valence-electron chi connectivity index (χ0n) is 17.1. The number of likely N-dealkylation sites (N-methyl/N-ethyl adjacent to an activating group) is 1. The largest absolute Gasteiger partial charge is 0.493 e. The third-order valence-electron chi connectivity index (χ3n) is 4.44. The number of hydrogen-bond donors (Lipinski definition) is 1. The number of methoxy groups -OCH3 is 2. The molecule has 2 aromatic carbocycles. The maximum absolute atomic E-state index is 13.7. The molecule has 1 N–H and O–H groups in total. The summed E-state index contributed by atoms with van der Waals surface area (Å²) in [6.07, 6.45) is 0.830. The second kappa shape index (κ2) is 11.7. The Hall–Kier alpha value is -2.03. The number of ether oxygens (including phenoxy) is 2. The molecule has 0 aromatic heterocycles. The Morgan fingerprint density at radius 1 is 1.07 bits per heavy atom. The van der Waals surface area contributed by atoms with Gasteiger partial charge in [0.05, 0.1) is 14.2 Å². The Kier molecular flexibility index (Phi) is 10.1. The van der Waals surface area contributed by atoms with E-state index in [9.17, 15) is 4.39 Å². The van der Waals surface area contributed by atoms with Crippen LogP contribution in [0.4, 0.5) is 4.39 Å². The zero-order valence-corrected chi connectivity index (χ0v) is 19.4. The van der Waals surface area contributed by atoms with Crippen LogP contribution in [0.5, 0.6) is 11.5 Å². The van der Waals surface area contributed by atoms with Crippen LogP contribution in [0, 0.1) is 12.7 Å². The highest BCUT2D eigenvalue weighted by Crippen LogP contribution is 2.27. The number of halogens is 2. The van der Waals surface area contributed by atoms with Crippen LogP contribution >= 0.6 is 24.0 Å². The average molecular weight is 501 g/mol. The number of benzene rings is 2. The number of guanidine groups is 1. The first-order valence-corrected chi connectivity index (χ1v) is 8.86. The molecule has 0 unspecified atom stereocenters. The zero-order chi connectivity index (χ0) is 19.8. The molecule has 154 valence electrons. The summed E-state index contributed by atoms with van der Waals surface area (Å²) < 4.78 is 24.3. The van der Waals surface area contributed by atoms with Crippen LogP contribution in [0.2, 0.25) is 0 Å². The molecule has 0 fully saturated rings. The topological polar surface area (TPSA) is 46.1 Å². The second-order valence-corrected chi connectivity index (χ2v) is 6.35. The van der Waals surface area contributed by atoms with E-state index in [2.05, 4.69) is 10.3 Å². The van der Waals surface area contributed by atoms with E-state index in [1.54, 1.807) is 40.3 Å². The monoisotopic (exact) mass is 501 g/mol. The van der Waals surface area contributed by atoms with Crippen LogP contribution in [-0.2, 0) is 13.0 Å². The molecule has 2 rings (SSSR count). The molecular formula is C21H29FIN3O2. The van der Waals surface area contributed by atoms with E-state index in [0.29, 0.717) is 12.1 Å². The van der Waals surface area contributed by atoms with Gasteiger partial charge in [-0.2, -0.15) is 0 Å². The number of aryl methyl sites for hydroxylation is 1. The van der Waals surface area contributed by atoms with E-state index in [1.807, 2.05) is 36.2 Å². The van der Waals surface area contributed by atoms with Crippen LogP contribution in [0.15, 0.2) is 41.4 Å². The lowest BCUT2D eigenvalue weighted by molar-refractivity contribution is 0.354. The summed E-state index contributed by atoms with van der Waals surface area (Å²) in [5.74, 6) is 2.02. The molecule has 28 heavy (non-hydrogen) atoms. The van der Waals surface area contributed by atoms with Crippen molar-refractivity contribution in [2.24, 2.45) is 4.99 Å². The van der Waals surface area contributed by atoms with E-state index < -0.39 is 0 Å². The van der Waals surface area contributed by atoms with Gasteiger partial charge in [0.1, 0.15) is 5.82 Å². The molecule has 2 aromatic rings. The van der Waals surface area contributed by atoms with Crippen molar-refractivity contribution in [2.45, 2.75) is 19.9 Å². The van der Waals surface area contributed by atoms with Gasteiger partial charge in [-0.25, -0.2) is 4.39 Å². The summed E-state index contributed by atoms with van der Waals surface area (Å²) in [5.41, 5.74) is 2.68. The van der Waals surface area contributed by atoms with Crippen LogP contribution in [0.1, 0.15) is 16.7 Å². The lowest BCUT2D eigenvalue weighted by atomic mass is 10.1. The number of hydrogen-bond acceptors (Lipinski definition) is 3. The minimum atomic E-state index is -0.189. The molecule has 0 amide bonds. The highest BCUT2D eigenvalue weighted by Gasteiger charge is 2.09. The summed E-state index contributed by atoms with van der Waals surface area (Å²) >= 11 is 0. The van der Waals surface area contributed by atoms with E-state index in [1.165, 1.54) is 0 Å². The summed E-state index contributed by atoms with van der Waals surface area (Å²) in [6, 6.07) is 11.2. The van der Waals surface area contributed by atoms with Crippen molar-refractivity contribution in [2.75, 3.05) is 34.9 Å². The van der Waals surface area contributed by atoms with Crippen molar-refractivity contribution in [3.63, 3.8) is 0 Å². The molecule has 0 heterocycles. The molecule has 7 heteroatoms. The number of nitrogens with zero attached hydrogens (tertiary/aromatic N) is 2. The van der Waals surface area contributed by atoms with Crippen molar-refractivity contribution >= 4 is 29.9 Å². The summed E-state index contributed by atoms with van der Waals surface area (Å²) in [7, 11) is 6.98. The quantitative estimate of drug-likeness (QED) is 0.354. The van der Waals surface area contributed by atoms with Gasteiger partial charge in [0.25, 0.3) is 0 Å². The van der Waals surface area contributed by atoms with E-state index in [4.69, 9.17) is 9.47 Å². The minimum absolute atomic E-state index is 0. The minimum Gasteiger partial charge on any atom is -0.493 e. The highest BCUT2D eigenvalue weighted by atomic mass is 127. The molecule has 0 atom stereocenters. The van der Waals surface area contributed by atoms with Crippen molar-refractivity contribution in [1.29, 1.82) is 0 Å². The third-order valence-corrected chi connectivity index (χ3v) is 4.44. The van der Waals surface area contributed by atoms with Gasteiger partial charge in [-0.1, -0.05) is 18.2 Å². The average Bonchev–Trinajstić information content (AvgIpc) is 2.69. The Bertz CT molecular complexity index is 799. The predicted molar refractivity (Wildman–Crippen MR) is 123 cm³/mol. The Balaban J connectivity index is 0.00000392. The van der Waals surface area contributed by atoms with Gasteiger partial charge in [0.15, 0.2) is 17.5 Å². The first-order valence-electron chi connectivity index (χ1n) is 8.86. The number of rotatable bonds is 7. The van der Waals surface area contributed by atoms with Crippen molar-refractivity contribution in [1.82, 2.24) is 10.2 Å². The van der Waals surface area contributed by atoms with Gasteiger partial charge in [0, 0.05) is 27.2 Å². The molecule has 0 radical (unpaired) electrons. The van der Waals surface area contributed by atoms with Gasteiger partial charge in [-0.05, 0) is 48.2 Å². The fraction of sp³-hybridized carbons (Fsp3) is 0.381. The normalized spacial score (nSPS) is 10.9. The first kappa shape index (κ1) is 24.0. The first-order chi connectivity index (χ1) is 13.0. The fourth-order valence-electron chi connectivity index (χ4n) is 2.75. The van der Waals surface area contributed by atoms with Gasteiger partial charge in [-0.15, -0.1) is 24.0 Å². The predicted octanol–water partition coefficient (Wildman–Crippen LogP) is 4.02. The number of nitrogens with one attached hydrogen (secondary N) is 1. The van der Waals surface area contributed by atoms with Gasteiger partial charge >= 0.3 is 0 Å². The summed E-state index contributed by atoms with van der Waals surface area (Å²) in [6.45, 7) is 3.05. The molecule has 0 saturated carbocycles. The Labute approximate surface area is 184 Å². The van der Waals surface area contributed by atoms with E-state index >= 15 is 0 Å². The van der Waals surface area contributed by atoms with Gasteiger partial charge in [0.2, 0.25) is 0 Å². The third kappa shape index (κ3) is 6.54. The maximum Gasteiger partial charge on any atom is 0.193 e. The van der Waals surface area contributed by atoms with Crippen LogP contribution in [-0.4, -0.2) is 45.7 Å². The number of aliphatic imine (C=N–C) groups is 1. The molecule has 0 spiro atoms. The maximum atomic E-state index is 13.7. The van der Waals surface area contributed by atoms with Crippen LogP contribution < -0.4 is 14.8 Å². The smallest absolute Gasteiger partial charge is 0.193 e. The molecule has 0 saturated heterocycles. The highest BCUT2D eigenvalue weighted by molar-refractivity contribution is 14.0. The summed E-state index contributed by atoms with van der Waals surface area (Å²) in [4.78, 5) is 6.35. The van der Waals surface area contributed by atoms with Crippen molar-refractivity contribution < 1.29 is 13.9 Å². The van der Waals surface area contributed by atoms with Gasteiger partial charge < -0.3 is 19.7 Å². The SMILES string of the molecule is CN=C(NCc1ccc(C)c(F)c1)N(C)CCc1ccc(OC)c(OC)c1.I. The lowest BCUT2D eigenvalue weighted by Gasteiger charge is -2.22. The van der Waals surface area contributed by atoms with E-state index in [-0.39, 0.29) is 29.8 Å². The molecule has 0 aliphatic rings. The molecule has 5 nitrogen and oxygen atoms in total. The molecule has 0 aliphatic heterocycles. The van der Waals surface area contributed by atoms with Crippen molar-refractivity contribution in [3.05, 3.63) is 58.9 Å². The Morgan fingerprint density at radius 3 is 2.36 bits per heavy atom. The standard InChI is InChI=1S/C21H28FN3O2.HI/c1-15-6-7-17(12-18(15)22)14-24-21(23-2)25(3)11-10-16-8-9-19(26-4)20(13-16)27-5;/h6-9,12-13H,10-11,14H2,1-5H3,(H,23,24);1H. The summed E-state index contributed by atoms with van der Waals surface area (Å²) in [5, 5.41) is 3.27. The Morgan fingerprint density at radius 2 is 1.75 bits per heavy atom.